The third-order valence-electron chi connectivity index (χ3n) is 7.35. The molecule has 12 heteroatoms. The summed E-state index contributed by atoms with van der Waals surface area (Å²) in [5.41, 5.74) is 5.87. The van der Waals surface area contributed by atoms with Gasteiger partial charge in [-0.2, -0.15) is 0 Å². The molecule has 0 radical (unpaired) electrons. The van der Waals surface area contributed by atoms with Crippen LogP contribution in [-0.2, 0) is 29.5 Å². The first-order valence-corrected chi connectivity index (χ1v) is 22.9. The summed E-state index contributed by atoms with van der Waals surface area (Å²) in [5, 5.41) is 0. The molecular weight excluding hydrogens is 625 g/mol. The molecule has 0 saturated carbocycles. The predicted octanol–water partition coefficient (Wildman–Crippen LogP) is 7.75. The van der Waals surface area contributed by atoms with E-state index in [0.717, 1.165) is 53.0 Å². The summed E-state index contributed by atoms with van der Waals surface area (Å²) in [4.78, 5) is 9.30. The number of thioether (sulfide) groups is 2. The van der Waals surface area contributed by atoms with Crippen LogP contribution in [0.15, 0.2) is 54.9 Å². The van der Waals surface area contributed by atoms with E-state index in [9.17, 15) is 0 Å². The molecule has 2 aromatic heterocycles. The van der Waals surface area contributed by atoms with Crippen LogP contribution < -0.4 is 5.45 Å². The molecule has 0 aliphatic rings. The van der Waals surface area contributed by atoms with E-state index in [2.05, 4.69) is 71.4 Å². The van der Waals surface area contributed by atoms with Crippen molar-refractivity contribution in [1.82, 2.24) is 19.1 Å². The van der Waals surface area contributed by atoms with E-state index in [1.54, 1.807) is 0 Å². The normalized spacial score (nSPS) is 12.9. The molecule has 2 heterocycles. The van der Waals surface area contributed by atoms with E-state index in [4.69, 9.17) is 22.7 Å². The number of hydrogen-bond donors (Lipinski definition) is 0. The van der Waals surface area contributed by atoms with Gasteiger partial charge in [0.25, 0.3) is 0 Å². The van der Waals surface area contributed by atoms with E-state index in [1.165, 1.54) is 17.5 Å². The van der Waals surface area contributed by atoms with E-state index in [1.807, 2.05) is 75.7 Å². The summed E-state index contributed by atoms with van der Waals surface area (Å²) in [5.74, 6) is 3.99. The molecule has 0 aliphatic carbocycles. The van der Waals surface area contributed by atoms with Crippen molar-refractivity contribution in [1.29, 1.82) is 0 Å². The maximum absolute atomic E-state index is 6.06. The summed E-state index contributed by atoms with van der Waals surface area (Å²) in [6, 6.07) is 16.5. The van der Waals surface area contributed by atoms with E-state index in [0.29, 0.717) is 18.8 Å². The second-order valence-corrected chi connectivity index (χ2v) is 19.3. The van der Waals surface area contributed by atoms with Crippen molar-refractivity contribution in [3.05, 3.63) is 54.9 Å². The van der Waals surface area contributed by atoms with Gasteiger partial charge in [-0.05, 0) is 83.0 Å². The van der Waals surface area contributed by atoms with Crippen molar-refractivity contribution in [3.63, 3.8) is 0 Å². The second kappa shape index (κ2) is 18.5. The summed E-state index contributed by atoms with van der Waals surface area (Å²) in [6.07, 6.45) is 3.10. The first-order valence-electron chi connectivity index (χ1n) is 15.8. The fourth-order valence-corrected chi connectivity index (χ4v) is 12.7. The third-order valence-corrected chi connectivity index (χ3v) is 16.6. The second-order valence-electron chi connectivity index (χ2n) is 10.7. The zero-order chi connectivity index (χ0) is 32.0. The molecule has 0 fully saturated rings. The minimum Gasteiger partial charge on any atom is -0.394 e. The van der Waals surface area contributed by atoms with Crippen LogP contribution in [0, 0.1) is 0 Å². The number of nitrogens with zero attached hydrogens (tertiary/aromatic N) is 4. The molecule has 4 rings (SSSR count). The fraction of sp³-hybridized carbons (Fsp3) is 0.562. The smallest absolute Gasteiger partial charge is 0.394 e. The maximum atomic E-state index is 6.06. The maximum Gasteiger partial charge on any atom is 0.406 e. The molecule has 244 valence electrons. The number of imidazole rings is 2. The molecule has 0 N–H and O–H groups in total. The molecule has 1 unspecified atom stereocenters. The lowest BCUT2D eigenvalue weighted by atomic mass is 10.3. The van der Waals surface area contributed by atoms with Crippen molar-refractivity contribution in [3.8, 4) is 0 Å². The molecule has 0 bridgehead atoms. The first kappa shape index (κ1) is 36.8. The van der Waals surface area contributed by atoms with Crippen molar-refractivity contribution < 1.29 is 17.7 Å². The first-order chi connectivity index (χ1) is 21.3. The molecule has 1 atom stereocenters. The van der Waals surface area contributed by atoms with Crippen LogP contribution in [0.4, 0.5) is 0 Å². The van der Waals surface area contributed by atoms with Gasteiger partial charge in [-0.1, -0.05) is 38.1 Å². The lowest BCUT2D eigenvalue weighted by Gasteiger charge is -2.31. The zero-order valence-corrected chi connectivity index (χ0v) is 31.5. The summed E-state index contributed by atoms with van der Waals surface area (Å²) in [6.45, 7) is 19.6. The monoisotopic (exact) mass is 676 g/mol. The Labute approximate surface area is 275 Å². The zero-order valence-electron chi connectivity index (χ0n) is 27.9. The van der Waals surface area contributed by atoms with Gasteiger partial charge in [-0.15, -0.1) is 23.5 Å². The van der Waals surface area contributed by atoms with Gasteiger partial charge < -0.3 is 26.8 Å². The Kier molecular flexibility index (Phi) is 15.5. The number of rotatable bonds is 18. The average molecular weight is 677 g/mol. The molecule has 2 aromatic carbocycles. The van der Waals surface area contributed by atoms with E-state index >= 15 is 0 Å². The Hall–Kier alpha value is -1.65. The fourth-order valence-electron chi connectivity index (χ4n) is 5.07. The highest BCUT2D eigenvalue weighted by atomic mass is 32.2. The van der Waals surface area contributed by atoms with Gasteiger partial charge in [0, 0.05) is 32.0 Å². The lowest BCUT2D eigenvalue weighted by molar-refractivity contribution is 0.182. The average Bonchev–Trinajstić information content (AvgIpc) is 3.60. The highest BCUT2D eigenvalue weighted by Crippen LogP contribution is 2.29. The molecular formula is C32H52N4O4S2Si2. The summed E-state index contributed by atoms with van der Waals surface area (Å²) in [7, 11) is -4.55. The van der Waals surface area contributed by atoms with Crippen molar-refractivity contribution in [2.24, 2.45) is 0 Å². The largest absolute Gasteiger partial charge is 0.406 e. The summed E-state index contributed by atoms with van der Waals surface area (Å²) >= 11 is 3.84. The van der Waals surface area contributed by atoms with Gasteiger partial charge in [-0.3, -0.25) is 0 Å². The minimum absolute atomic E-state index is 0.451. The molecule has 0 amide bonds. The number of hydrogen-bond acceptors (Lipinski definition) is 8. The number of benzene rings is 2. The number of fused-ring (bicyclic) bond motifs is 2. The van der Waals surface area contributed by atoms with E-state index < -0.39 is 17.1 Å². The van der Waals surface area contributed by atoms with Crippen molar-refractivity contribution in [2.45, 2.75) is 78.4 Å². The Balaban J connectivity index is 0.000000240. The van der Waals surface area contributed by atoms with Crippen molar-refractivity contribution >= 4 is 68.2 Å². The molecule has 44 heavy (non-hydrogen) atoms. The standard InChI is InChI=1S/2C16H26N2O2SSi/c1-5-19-22(4,20-6-2)14(3)11-21-13-18-12-17-15-9-7-8-10-16(15)18;1-5-12-21-13-18-15-11-9-8-10-14(15)17-16(18)22(4,19-6-2)20-7-3/h7-10,12,14H,5-6,11,13H2,1-4H3;8-11H,5-7,12-13H2,1-4H3. The van der Waals surface area contributed by atoms with Gasteiger partial charge >= 0.3 is 17.1 Å². The molecule has 0 spiro atoms. The van der Waals surface area contributed by atoms with Crippen LogP contribution in [0.1, 0.15) is 48.0 Å². The van der Waals surface area contributed by atoms with Crippen molar-refractivity contribution in [2.75, 3.05) is 37.9 Å². The van der Waals surface area contributed by atoms with Crippen LogP contribution in [0.25, 0.3) is 22.1 Å². The van der Waals surface area contributed by atoms with Crippen LogP contribution in [0.3, 0.4) is 0 Å². The van der Waals surface area contributed by atoms with Gasteiger partial charge in [0.05, 0.1) is 40.1 Å². The van der Waals surface area contributed by atoms with E-state index in [-0.39, 0.29) is 0 Å². The third kappa shape index (κ3) is 9.68. The Morgan fingerprint density at radius 3 is 1.95 bits per heavy atom. The lowest BCUT2D eigenvalue weighted by Crippen LogP contribution is -2.55. The number of aromatic nitrogens is 4. The summed E-state index contributed by atoms with van der Waals surface area (Å²) < 4.78 is 28.5. The number of para-hydroxylation sites is 4. The molecule has 4 aromatic rings. The van der Waals surface area contributed by atoms with Gasteiger partial charge in [-0.25, -0.2) is 9.97 Å². The van der Waals surface area contributed by atoms with Crippen LogP contribution in [0.5, 0.6) is 0 Å². The van der Waals surface area contributed by atoms with Crippen LogP contribution in [0.2, 0.25) is 18.6 Å². The van der Waals surface area contributed by atoms with Crippen LogP contribution >= 0.6 is 23.5 Å². The Bertz CT molecular complexity index is 1390. The van der Waals surface area contributed by atoms with Gasteiger partial charge in [0.2, 0.25) is 0 Å². The minimum atomic E-state index is -2.47. The van der Waals surface area contributed by atoms with Gasteiger partial charge in [0.15, 0.2) is 5.45 Å². The quantitative estimate of drug-likeness (QED) is 0.0783. The molecule has 0 saturated heterocycles. The Morgan fingerprint density at radius 2 is 1.34 bits per heavy atom. The molecule has 0 aliphatic heterocycles. The molecule has 8 nitrogen and oxygen atoms in total. The highest BCUT2D eigenvalue weighted by Gasteiger charge is 2.40. The van der Waals surface area contributed by atoms with Gasteiger partial charge in [0.1, 0.15) is 0 Å². The SMILES string of the molecule is CCCSCn1c([Si](C)(OCC)OCC)nc2ccccc21.CCO[Si](C)(OCC)C(C)CSCn1cnc2ccccc21. The highest BCUT2D eigenvalue weighted by molar-refractivity contribution is 7.98. The van der Waals surface area contributed by atoms with Crippen LogP contribution in [-0.4, -0.2) is 74.2 Å². The predicted molar refractivity (Wildman–Crippen MR) is 193 cm³/mol. The Morgan fingerprint density at radius 1 is 0.750 bits per heavy atom. The topological polar surface area (TPSA) is 72.6 Å².